The third-order valence-corrected chi connectivity index (χ3v) is 6.26. The van der Waals surface area contributed by atoms with Crippen molar-refractivity contribution in [3.63, 3.8) is 0 Å². The van der Waals surface area contributed by atoms with Crippen molar-refractivity contribution < 1.29 is 23.9 Å². The van der Waals surface area contributed by atoms with Crippen molar-refractivity contribution in [2.45, 2.75) is 19.9 Å². The number of nitrogens with one attached hydrogen (secondary N) is 1. The third-order valence-electron chi connectivity index (χ3n) is 6.26. The zero-order chi connectivity index (χ0) is 26.9. The molecule has 0 bridgehead atoms. The lowest BCUT2D eigenvalue weighted by atomic mass is 10.0. The van der Waals surface area contributed by atoms with Crippen molar-refractivity contribution in [1.82, 2.24) is 10.2 Å². The fraction of sp³-hybridized carbons (Fsp3) is 0.194. The Bertz CT molecular complexity index is 1350. The predicted molar refractivity (Wildman–Crippen MR) is 145 cm³/mol. The first-order valence-electron chi connectivity index (χ1n) is 12.4. The summed E-state index contributed by atoms with van der Waals surface area (Å²) in [6.07, 6.45) is 2.34. The molecule has 0 saturated carbocycles. The number of ether oxygens (including phenoxy) is 2. The lowest BCUT2D eigenvalue weighted by Gasteiger charge is -2.17. The molecule has 2 amide bonds. The quantitative estimate of drug-likeness (QED) is 0.325. The van der Waals surface area contributed by atoms with Crippen LogP contribution in [-0.2, 0) is 32.1 Å². The van der Waals surface area contributed by atoms with Crippen LogP contribution in [0.2, 0.25) is 0 Å². The fourth-order valence-corrected chi connectivity index (χ4v) is 4.21. The molecule has 0 radical (unpaired) electrons. The van der Waals surface area contributed by atoms with Gasteiger partial charge >= 0.3 is 5.97 Å². The average Bonchev–Trinajstić information content (AvgIpc) is 3.19. The molecule has 3 aromatic carbocycles. The first kappa shape index (κ1) is 26.4. The maximum atomic E-state index is 13.3. The average molecular weight is 511 g/mol. The Labute approximate surface area is 222 Å². The van der Waals surface area contributed by atoms with Crippen LogP contribution < -0.4 is 10.1 Å². The molecule has 0 aliphatic carbocycles. The highest BCUT2D eigenvalue weighted by Gasteiger charge is 2.36. The van der Waals surface area contributed by atoms with E-state index in [1.807, 2.05) is 60.7 Å². The van der Waals surface area contributed by atoms with Crippen LogP contribution in [0.25, 0.3) is 6.08 Å². The van der Waals surface area contributed by atoms with Gasteiger partial charge in [-0.1, -0.05) is 72.8 Å². The molecule has 0 atom stereocenters. The topological polar surface area (TPSA) is 84.9 Å². The number of hydrogen-bond acceptors (Lipinski definition) is 5. The van der Waals surface area contributed by atoms with Crippen LogP contribution in [0.15, 0.2) is 102 Å². The first-order chi connectivity index (χ1) is 18.5. The molecule has 1 N–H and O–H groups in total. The highest BCUT2D eigenvalue weighted by atomic mass is 16.5. The Morgan fingerprint density at radius 1 is 0.895 bits per heavy atom. The maximum absolute atomic E-state index is 13.3. The van der Waals surface area contributed by atoms with Crippen molar-refractivity contribution >= 4 is 23.9 Å². The Morgan fingerprint density at radius 2 is 1.53 bits per heavy atom. The van der Waals surface area contributed by atoms with Gasteiger partial charge in [0.25, 0.3) is 11.8 Å². The van der Waals surface area contributed by atoms with E-state index in [1.54, 1.807) is 42.2 Å². The van der Waals surface area contributed by atoms with Crippen LogP contribution >= 0.6 is 0 Å². The summed E-state index contributed by atoms with van der Waals surface area (Å²) in [5.41, 5.74) is 3.96. The molecule has 7 heteroatoms. The van der Waals surface area contributed by atoms with E-state index in [4.69, 9.17) is 9.47 Å². The highest BCUT2D eigenvalue weighted by Crippen LogP contribution is 2.32. The van der Waals surface area contributed by atoms with E-state index in [2.05, 4.69) is 5.32 Å². The number of benzene rings is 3. The van der Waals surface area contributed by atoms with Gasteiger partial charge in [0.15, 0.2) is 6.61 Å². The lowest BCUT2D eigenvalue weighted by molar-refractivity contribution is -0.136. The molecule has 1 heterocycles. The molecule has 3 aromatic rings. The molecule has 0 fully saturated rings. The number of esters is 1. The van der Waals surface area contributed by atoms with Crippen LogP contribution in [0.5, 0.6) is 5.75 Å². The van der Waals surface area contributed by atoms with Crippen molar-refractivity contribution in [2.75, 3.05) is 20.3 Å². The molecule has 1 aliphatic rings. The molecule has 0 aromatic heterocycles. The number of rotatable bonds is 10. The van der Waals surface area contributed by atoms with Gasteiger partial charge in [-0.2, -0.15) is 0 Å². The molecule has 0 saturated heterocycles. The minimum absolute atomic E-state index is 0.115. The van der Waals surface area contributed by atoms with Crippen LogP contribution in [-0.4, -0.2) is 42.9 Å². The summed E-state index contributed by atoms with van der Waals surface area (Å²) >= 11 is 0. The molecular weight excluding hydrogens is 480 g/mol. The highest BCUT2D eigenvalue weighted by molar-refractivity contribution is 6.16. The number of methoxy groups -OCH3 is 1. The Morgan fingerprint density at radius 3 is 2.16 bits per heavy atom. The molecule has 0 unspecified atom stereocenters. The van der Waals surface area contributed by atoms with E-state index >= 15 is 0 Å². The van der Waals surface area contributed by atoms with E-state index in [0.717, 1.165) is 11.1 Å². The molecule has 194 valence electrons. The molecule has 0 spiro atoms. The predicted octanol–water partition coefficient (Wildman–Crippen LogP) is 4.30. The standard InChI is InChI=1S/C31H30N2O5/c1-22-29(31(36)37-2)27(30(35)33(22)18-17-23-9-5-3-6-10-23)19-24-13-15-26(16-14-24)38-21-28(34)32-20-25-11-7-4-8-12-25/h3-16,19H,17-18,20-21H2,1-2H3,(H,32,34)/b27-19-. The van der Waals surface area contributed by atoms with Gasteiger partial charge in [-0.3, -0.25) is 9.59 Å². The lowest BCUT2D eigenvalue weighted by Crippen LogP contribution is -2.28. The second-order valence-corrected chi connectivity index (χ2v) is 8.82. The molecule has 4 rings (SSSR count). The largest absolute Gasteiger partial charge is 0.484 e. The Kier molecular flexibility index (Phi) is 8.72. The van der Waals surface area contributed by atoms with Crippen LogP contribution in [0.4, 0.5) is 0 Å². The van der Waals surface area contributed by atoms with Crippen molar-refractivity contribution in [1.29, 1.82) is 0 Å². The number of carbonyl (C=O) groups excluding carboxylic acids is 3. The molecule has 1 aliphatic heterocycles. The van der Waals surface area contributed by atoms with Gasteiger partial charge in [-0.15, -0.1) is 0 Å². The summed E-state index contributed by atoms with van der Waals surface area (Å²) in [4.78, 5) is 39.6. The summed E-state index contributed by atoms with van der Waals surface area (Å²) in [5.74, 6) is -0.500. The SMILES string of the molecule is COC(=O)C1=C(C)N(CCc2ccccc2)C(=O)/C1=C\c1ccc(OCC(=O)NCc2ccccc2)cc1. The van der Waals surface area contributed by atoms with Gasteiger partial charge in [-0.05, 0) is 48.2 Å². The van der Waals surface area contributed by atoms with Gasteiger partial charge in [0, 0.05) is 18.8 Å². The summed E-state index contributed by atoms with van der Waals surface area (Å²) < 4.78 is 10.6. The zero-order valence-corrected chi connectivity index (χ0v) is 21.5. The van der Waals surface area contributed by atoms with E-state index in [1.165, 1.54) is 7.11 Å². The normalized spacial score (nSPS) is 14.1. The maximum Gasteiger partial charge on any atom is 0.340 e. The summed E-state index contributed by atoms with van der Waals surface area (Å²) in [7, 11) is 1.31. The van der Waals surface area contributed by atoms with Gasteiger partial charge in [0.2, 0.25) is 0 Å². The molecule has 7 nitrogen and oxygen atoms in total. The second-order valence-electron chi connectivity index (χ2n) is 8.82. The van der Waals surface area contributed by atoms with Gasteiger partial charge in [-0.25, -0.2) is 4.79 Å². The van der Waals surface area contributed by atoms with Crippen LogP contribution in [0.1, 0.15) is 23.6 Å². The van der Waals surface area contributed by atoms with Crippen molar-refractivity contribution in [3.05, 3.63) is 118 Å². The van der Waals surface area contributed by atoms with E-state index in [-0.39, 0.29) is 29.6 Å². The van der Waals surface area contributed by atoms with Gasteiger partial charge in [0.1, 0.15) is 5.75 Å². The first-order valence-corrected chi connectivity index (χ1v) is 12.4. The summed E-state index contributed by atoms with van der Waals surface area (Å²) in [6, 6.07) is 26.5. The number of allylic oxidation sites excluding steroid dienone is 1. The van der Waals surface area contributed by atoms with Crippen LogP contribution in [0, 0.1) is 0 Å². The van der Waals surface area contributed by atoms with Crippen molar-refractivity contribution in [3.8, 4) is 5.75 Å². The number of nitrogens with zero attached hydrogens (tertiary/aromatic N) is 1. The van der Waals surface area contributed by atoms with E-state index in [0.29, 0.717) is 36.5 Å². The van der Waals surface area contributed by atoms with Crippen molar-refractivity contribution in [2.24, 2.45) is 0 Å². The Hall–Kier alpha value is -4.65. The molecular formula is C31H30N2O5. The number of hydrogen-bond donors (Lipinski definition) is 1. The number of carbonyl (C=O) groups is 3. The minimum Gasteiger partial charge on any atom is -0.484 e. The van der Waals surface area contributed by atoms with Crippen LogP contribution in [0.3, 0.4) is 0 Å². The monoisotopic (exact) mass is 510 g/mol. The summed E-state index contributed by atoms with van der Waals surface area (Å²) in [5, 5.41) is 2.82. The Balaban J connectivity index is 1.41. The summed E-state index contributed by atoms with van der Waals surface area (Å²) in [6.45, 7) is 2.53. The zero-order valence-electron chi connectivity index (χ0n) is 21.5. The minimum atomic E-state index is -0.550. The second kappa shape index (κ2) is 12.5. The number of amides is 2. The third kappa shape index (κ3) is 6.56. The van der Waals surface area contributed by atoms with Gasteiger partial charge in [0.05, 0.1) is 18.3 Å². The fourth-order valence-electron chi connectivity index (χ4n) is 4.21. The smallest absolute Gasteiger partial charge is 0.340 e. The van der Waals surface area contributed by atoms with E-state index in [9.17, 15) is 14.4 Å². The van der Waals surface area contributed by atoms with E-state index < -0.39 is 5.97 Å². The molecule has 38 heavy (non-hydrogen) atoms. The van der Waals surface area contributed by atoms with Gasteiger partial charge < -0.3 is 19.7 Å².